The minimum Gasteiger partial charge on any atom is -0.383 e. The van der Waals surface area contributed by atoms with Gasteiger partial charge in [0.15, 0.2) is 0 Å². The molecule has 2 N–H and O–H groups in total. The van der Waals surface area contributed by atoms with Gasteiger partial charge >= 0.3 is 0 Å². The molecule has 1 aliphatic carbocycles. The van der Waals surface area contributed by atoms with E-state index in [1.54, 1.807) is 7.11 Å². The Labute approximate surface area is 94.0 Å². The fourth-order valence-electron chi connectivity index (χ4n) is 2.30. The highest BCUT2D eigenvalue weighted by Crippen LogP contribution is 2.35. The third-order valence-electron chi connectivity index (χ3n) is 3.59. The van der Waals surface area contributed by atoms with Crippen LogP contribution in [-0.4, -0.2) is 43.8 Å². The molecule has 0 saturated heterocycles. The molecule has 0 aromatic carbocycles. The Bertz CT molecular complexity index is 165. The van der Waals surface area contributed by atoms with Crippen LogP contribution in [0.1, 0.15) is 33.1 Å². The highest BCUT2D eigenvalue weighted by molar-refractivity contribution is 4.88. The molecule has 1 rings (SSSR count). The van der Waals surface area contributed by atoms with Crippen molar-refractivity contribution in [2.75, 3.05) is 26.8 Å². The van der Waals surface area contributed by atoms with Crippen molar-refractivity contribution >= 4 is 0 Å². The van der Waals surface area contributed by atoms with Crippen LogP contribution < -0.4 is 5.73 Å². The van der Waals surface area contributed by atoms with Crippen LogP contribution in [-0.2, 0) is 4.74 Å². The van der Waals surface area contributed by atoms with E-state index in [2.05, 4.69) is 18.7 Å². The maximum Gasteiger partial charge on any atom is 0.0589 e. The van der Waals surface area contributed by atoms with Crippen LogP contribution in [0.5, 0.6) is 0 Å². The fraction of sp³-hybridized carbons (Fsp3) is 1.00. The minimum absolute atomic E-state index is 0.524. The summed E-state index contributed by atoms with van der Waals surface area (Å²) in [7, 11) is 1.77. The number of hydrogen-bond acceptors (Lipinski definition) is 3. The molecular weight excluding hydrogens is 188 g/mol. The summed E-state index contributed by atoms with van der Waals surface area (Å²) in [6.07, 6.45) is 3.93. The molecule has 0 aromatic heterocycles. The molecule has 0 spiro atoms. The second-order valence-corrected chi connectivity index (χ2v) is 4.61. The van der Waals surface area contributed by atoms with Crippen LogP contribution in [0.25, 0.3) is 0 Å². The molecule has 3 nitrogen and oxygen atoms in total. The molecule has 0 radical (unpaired) electrons. The summed E-state index contributed by atoms with van der Waals surface area (Å²) >= 11 is 0. The molecule has 0 heterocycles. The van der Waals surface area contributed by atoms with Gasteiger partial charge in [0.1, 0.15) is 0 Å². The van der Waals surface area contributed by atoms with E-state index in [-0.39, 0.29) is 0 Å². The first-order chi connectivity index (χ1) is 7.24. The van der Waals surface area contributed by atoms with E-state index < -0.39 is 0 Å². The average molecular weight is 214 g/mol. The molecule has 0 aromatic rings. The number of methoxy groups -OCH3 is 1. The van der Waals surface area contributed by atoms with Gasteiger partial charge in [-0.1, -0.05) is 6.92 Å². The van der Waals surface area contributed by atoms with Crippen molar-refractivity contribution in [2.24, 2.45) is 11.7 Å². The lowest BCUT2D eigenvalue weighted by Crippen LogP contribution is -2.47. The lowest BCUT2D eigenvalue weighted by Gasteiger charge is -2.35. The van der Waals surface area contributed by atoms with Crippen LogP contribution in [0.3, 0.4) is 0 Å². The van der Waals surface area contributed by atoms with Gasteiger partial charge in [-0.25, -0.2) is 0 Å². The number of hydrogen-bond donors (Lipinski definition) is 1. The zero-order valence-electron chi connectivity index (χ0n) is 10.4. The Morgan fingerprint density at radius 1 is 1.47 bits per heavy atom. The van der Waals surface area contributed by atoms with Crippen molar-refractivity contribution in [3.05, 3.63) is 0 Å². The Balaban J connectivity index is 2.49. The summed E-state index contributed by atoms with van der Waals surface area (Å²) in [5.41, 5.74) is 5.83. The molecule has 1 fully saturated rings. The number of rotatable bonds is 8. The molecule has 2 unspecified atom stereocenters. The molecule has 1 saturated carbocycles. The van der Waals surface area contributed by atoms with Gasteiger partial charge in [0.25, 0.3) is 0 Å². The van der Waals surface area contributed by atoms with E-state index in [0.717, 1.165) is 32.0 Å². The fourth-order valence-corrected chi connectivity index (χ4v) is 2.30. The Kier molecular flexibility index (Phi) is 5.58. The van der Waals surface area contributed by atoms with Crippen molar-refractivity contribution in [1.82, 2.24) is 4.90 Å². The third kappa shape index (κ3) is 3.74. The highest BCUT2D eigenvalue weighted by atomic mass is 16.5. The highest BCUT2D eigenvalue weighted by Gasteiger charge is 2.33. The number of nitrogens with two attached hydrogens (primary N) is 1. The van der Waals surface area contributed by atoms with Crippen LogP contribution >= 0.6 is 0 Å². The van der Waals surface area contributed by atoms with Crippen molar-refractivity contribution in [2.45, 2.75) is 45.2 Å². The lowest BCUT2D eigenvalue weighted by molar-refractivity contribution is 0.0821. The number of ether oxygens (including phenoxy) is 1. The molecule has 0 bridgehead atoms. The molecule has 1 aliphatic rings. The zero-order valence-corrected chi connectivity index (χ0v) is 10.4. The van der Waals surface area contributed by atoms with Crippen molar-refractivity contribution in [3.63, 3.8) is 0 Å². The smallest absolute Gasteiger partial charge is 0.0589 e. The summed E-state index contributed by atoms with van der Waals surface area (Å²) in [6.45, 7) is 7.15. The molecule has 0 amide bonds. The van der Waals surface area contributed by atoms with E-state index in [1.807, 2.05) is 0 Å². The van der Waals surface area contributed by atoms with E-state index in [1.165, 1.54) is 12.8 Å². The maximum absolute atomic E-state index is 5.83. The first-order valence-corrected chi connectivity index (χ1v) is 6.19. The van der Waals surface area contributed by atoms with Gasteiger partial charge in [-0.15, -0.1) is 0 Å². The lowest BCUT2D eigenvalue weighted by atomic mass is 10.1. The van der Waals surface area contributed by atoms with E-state index in [0.29, 0.717) is 12.1 Å². The molecule has 0 aliphatic heterocycles. The molecule has 2 atom stereocenters. The normalized spacial score (nSPS) is 20.6. The van der Waals surface area contributed by atoms with Crippen molar-refractivity contribution < 1.29 is 4.74 Å². The van der Waals surface area contributed by atoms with Crippen LogP contribution in [0, 0.1) is 5.92 Å². The largest absolute Gasteiger partial charge is 0.383 e. The predicted octanol–water partition coefficient (Wildman–Crippen LogP) is 1.47. The SMILES string of the molecule is CCC(CN)N(CCOC)C(C)C1CC1. The molecule has 90 valence electrons. The third-order valence-corrected chi connectivity index (χ3v) is 3.59. The average Bonchev–Trinajstić information content (AvgIpc) is 3.07. The summed E-state index contributed by atoms with van der Waals surface area (Å²) in [4.78, 5) is 2.54. The Morgan fingerprint density at radius 3 is 2.53 bits per heavy atom. The van der Waals surface area contributed by atoms with Gasteiger partial charge in [0.05, 0.1) is 6.61 Å². The first-order valence-electron chi connectivity index (χ1n) is 6.19. The van der Waals surface area contributed by atoms with Gasteiger partial charge in [0.2, 0.25) is 0 Å². The van der Waals surface area contributed by atoms with Crippen molar-refractivity contribution in [1.29, 1.82) is 0 Å². The van der Waals surface area contributed by atoms with Gasteiger partial charge in [-0.05, 0) is 32.1 Å². The van der Waals surface area contributed by atoms with Crippen LogP contribution in [0.4, 0.5) is 0 Å². The quantitative estimate of drug-likeness (QED) is 0.665. The minimum atomic E-state index is 0.524. The van der Waals surface area contributed by atoms with Crippen LogP contribution in [0.15, 0.2) is 0 Å². The van der Waals surface area contributed by atoms with Gasteiger partial charge in [0, 0.05) is 32.3 Å². The number of nitrogens with zero attached hydrogens (tertiary/aromatic N) is 1. The van der Waals surface area contributed by atoms with E-state index >= 15 is 0 Å². The molecular formula is C12H26N2O. The summed E-state index contributed by atoms with van der Waals surface area (Å²) in [6, 6.07) is 1.20. The van der Waals surface area contributed by atoms with Crippen molar-refractivity contribution in [3.8, 4) is 0 Å². The second kappa shape index (κ2) is 6.46. The molecule has 15 heavy (non-hydrogen) atoms. The van der Waals surface area contributed by atoms with Gasteiger partial charge in [-0.3, -0.25) is 4.90 Å². The summed E-state index contributed by atoms with van der Waals surface area (Å²) < 4.78 is 5.18. The zero-order chi connectivity index (χ0) is 11.3. The Hall–Kier alpha value is -0.120. The standard InChI is InChI=1S/C12H26N2O/c1-4-12(9-13)14(7-8-15-3)10(2)11-5-6-11/h10-12H,4-9,13H2,1-3H3. The second-order valence-electron chi connectivity index (χ2n) is 4.61. The first kappa shape index (κ1) is 12.9. The van der Waals surface area contributed by atoms with Gasteiger partial charge < -0.3 is 10.5 Å². The van der Waals surface area contributed by atoms with Crippen LogP contribution in [0.2, 0.25) is 0 Å². The van der Waals surface area contributed by atoms with Gasteiger partial charge in [-0.2, -0.15) is 0 Å². The maximum atomic E-state index is 5.83. The molecule has 3 heteroatoms. The van der Waals surface area contributed by atoms with E-state index in [9.17, 15) is 0 Å². The summed E-state index contributed by atoms with van der Waals surface area (Å²) in [5.74, 6) is 0.905. The monoisotopic (exact) mass is 214 g/mol. The predicted molar refractivity (Wildman–Crippen MR) is 63.9 cm³/mol. The topological polar surface area (TPSA) is 38.5 Å². The Morgan fingerprint density at radius 2 is 2.13 bits per heavy atom. The summed E-state index contributed by atoms with van der Waals surface area (Å²) in [5, 5.41) is 0. The van der Waals surface area contributed by atoms with E-state index in [4.69, 9.17) is 10.5 Å².